The minimum absolute atomic E-state index is 0.219. The summed E-state index contributed by atoms with van der Waals surface area (Å²) in [4.78, 5) is 39.8. The number of benzene rings is 3. The second-order valence-corrected chi connectivity index (χ2v) is 8.11. The van der Waals surface area contributed by atoms with Gasteiger partial charge in [-0.25, -0.2) is 0 Å². The van der Waals surface area contributed by atoms with Crippen LogP contribution in [0.4, 0.5) is 5.69 Å². The van der Waals surface area contributed by atoms with Crippen molar-refractivity contribution in [3.63, 3.8) is 0 Å². The Balaban J connectivity index is 1.56. The molecule has 2 N–H and O–H groups in total. The molecule has 3 heterocycles. The summed E-state index contributed by atoms with van der Waals surface area (Å²) >= 11 is 0. The van der Waals surface area contributed by atoms with Gasteiger partial charge in [0.05, 0.1) is 5.56 Å². The van der Waals surface area contributed by atoms with Crippen molar-refractivity contribution in [2.45, 2.75) is 12.0 Å². The fourth-order valence-corrected chi connectivity index (χ4v) is 4.93. The van der Waals surface area contributed by atoms with Gasteiger partial charge in [-0.2, -0.15) is 0 Å². The average molecular weight is 427 g/mol. The van der Waals surface area contributed by atoms with E-state index in [0.717, 1.165) is 0 Å². The molecule has 3 aromatic carbocycles. The number of para-hydroxylation sites is 2. The van der Waals surface area contributed by atoms with Crippen LogP contribution in [0.2, 0.25) is 0 Å². The summed E-state index contributed by atoms with van der Waals surface area (Å²) in [6.07, 6.45) is -0.732. The first-order valence-electron chi connectivity index (χ1n) is 10.2. The number of hydrogen-bond acceptors (Lipinski definition) is 7. The predicted molar refractivity (Wildman–Crippen MR) is 112 cm³/mol. The van der Waals surface area contributed by atoms with Gasteiger partial charge in [-0.15, -0.1) is 0 Å². The molecule has 0 saturated heterocycles. The van der Waals surface area contributed by atoms with Crippen LogP contribution < -0.4 is 19.9 Å². The average Bonchev–Trinajstić information content (AvgIpc) is 2.78. The number of esters is 2. The number of carbonyl (C=O) groups is 3. The molecule has 0 aromatic heterocycles. The van der Waals surface area contributed by atoms with Gasteiger partial charge < -0.3 is 19.9 Å². The van der Waals surface area contributed by atoms with E-state index in [0.29, 0.717) is 33.9 Å². The van der Waals surface area contributed by atoms with Gasteiger partial charge in [0.25, 0.3) is 0 Å². The maximum absolute atomic E-state index is 13.5. The molecule has 7 nitrogen and oxygen atoms in total. The molecule has 32 heavy (non-hydrogen) atoms. The minimum Gasteiger partial charge on any atom is -0.484 e. The summed E-state index contributed by atoms with van der Waals surface area (Å²) in [5.41, 5.74) is 7.98. The van der Waals surface area contributed by atoms with Gasteiger partial charge in [0, 0.05) is 23.2 Å². The van der Waals surface area contributed by atoms with E-state index < -0.39 is 41.6 Å². The van der Waals surface area contributed by atoms with Gasteiger partial charge in [-0.1, -0.05) is 36.4 Å². The first-order valence-corrected chi connectivity index (χ1v) is 10.2. The van der Waals surface area contributed by atoms with Gasteiger partial charge in [-0.05, 0) is 29.8 Å². The van der Waals surface area contributed by atoms with Crippen molar-refractivity contribution >= 4 is 23.4 Å². The molecule has 0 amide bonds. The normalized spacial score (nSPS) is 25.3. The number of fused-ring (bicyclic) bond motifs is 5. The summed E-state index contributed by atoms with van der Waals surface area (Å²) in [5, 5.41) is 0. The molecular weight excluding hydrogens is 410 g/mol. The highest BCUT2D eigenvalue weighted by Crippen LogP contribution is 2.55. The highest BCUT2D eigenvalue weighted by Gasteiger charge is 2.56. The first-order chi connectivity index (χ1) is 15.5. The van der Waals surface area contributed by atoms with Crippen LogP contribution in [-0.2, 0) is 9.59 Å². The maximum atomic E-state index is 13.5. The van der Waals surface area contributed by atoms with E-state index in [4.69, 9.17) is 19.9 Å². The van der Waals surface area contributed by atoms with E-state index in [2.05, 4.69) is 0 Å². The highest BCUT2D eigenvalue weighted by atomic mass is 16.6. The summed E-state index contributed by atoms with van der Waals surface area (Å²) in [6.45, 7) is 0. The van der Waals surface area contributed by atoms with Crippen LogP contribution in [0.3, 0.4) is 0 Å². The largest absolute Gasteiger partial charge is 0.484 e. The molecule has 0 spiro atoms. The van der Waals surface area contributed by atoms with Crippen molar-refractivity contribution in [1.82, 2.24) is 0 Å². The quantitative estimate of drug-likeness (QED) is 0.274. The Labute approximate surface area is 182 Å². The Kier molecular flexibility index (Phi) is 3.89. The lowest BCUT2D eigenvalue weighted by Crippen LogP contribution is -2.48. The van der Waals surface area contributed by atoms with E-state index in [9.17, 15) is 14.4 Å². The summed E-state index contributed by atoms with van der Waals surface area (Å²) in [7, 11) is 0. The van der Waals surface area contributed by atoms with Gasteiger partial charge in [0.2, 0.25) is 0 Å². The number of ketones is 1. The smallest absolute Gasteiger partial charge is 0.322 e. The summed E-state index contributed by atoms with van der Waals surface area (Å²) in [5.74, 6) is -3.57. The van der Waals surface area contributed by atoms with Crippen LogP contribution in [-0.4, -0.2) is 17.7 Å². The molecule has 158 valence electrons. The number of nitrogens with two attached hydrogens (primary N) is 1. The Morgan fingerprint density at radius 1 is 0.688 bits per heavy atom. The number of rotatable bonds is 1. The molecule has 0 saturated carbocycles. The molecular formula is C25H17NO6. The fraction of sp³-hybridized carbons (Fsp3) is 0.160. The molecule has 7 heteroatoms. The van der Waals surface area contributed by atoms with Gasteiger partial charge in [0.15, 0.2) is 5.78 Å². The predicted octanol–water partition coefficient (Wildman–Crippen LogP) is 3.44. The van der Waals surface area contributed by atoms with E-state index in [1.165, 1.54) is 0 Å². The fourth-order valence-electron chi connectivity index (χ4n) is 4.93. The first kappa shape index (κ1) is 18.6. The second kappa shape index (κ2) is 6.68. The van der Waals surface area contributed by atoms with E-state index >= 15 is 0 Å². The lowest BCUT2D eigenvalue weighted by molar-refractivity contribution is -0.150. The van der Waals surface area contributed by atoms with Crippen LogP contribution in [0, 0.1) is 11.8 Å². The Morgan fingerprint density at radius 2 is 1.41 bits per heavy atom. The number of hydrogen-bond donors (Lipinski definition) is 1. The Hall–Kier alpha value is -4.13. The van der Waals surface area contributed by atoms with Crippen molar-refractivity contribution in [2.24, 2.45) is 11.8 Å². The number of carbonyl (C=O) groups excluding carboxylic acids is 3. The van der Waals surface area contributed by atoms with Gasteiger partial charge >= 0.3 is 11.9 Å². The standard InChI is InChI=1S/C25H17NO6/c26-12-9-10-13-18(11-12)30-23-15-6-2-4-8-17(15)32-25(29)21(23)19(13)20-22(27)14-5-1-3-7-16(14)31-24(20)28/h1-11,19-21,23H,26H2. The van der Waals surface area contributed by atoms with Crippen molar-refractivity contribution in [2.75, 3.05) is 5.73 Å². The highest BCUT2D eigenvalue weighted by molar-refractivity contribution is 6.14. The lowest BCUT2D eigenvalue weighted by atomic mass is 9.68. The molecule has 4 atom stereocenters. The zero-order valence-electron chi connectivity index (χ0n) is 16.7. The molecule has 6 rings (SSSR count). The maximum Gasteiger partial charge on any atom is 0.322 e. The molecule has 3 aromatic rings. The van der Waals surface area contributed by atoms with Gasteiger partial charge in [0.1, 0.15) is 35.2 Å². The molecule has 0 fully saturated rings. The lowest BCUT2D eigenvalue weighted by Gasteiger charge is -2.43. The van der Waals surface area contributed by atoms with E-state index in [1.807, 2.05) is 12.1 Å². The zero-order chi connectivity index (χ0) is 22.0. The van der Waals surface area contributed by atoms with Crippen molar-refractivity contribution in [3.8, 4) is 17.2 Å². The van der Waals surface area contributed by atoms with Crippen LogP contribution in [0.25, 0.3) is 0 Å². The minimum atomic E-state index is -1.22. The Bertz CT molecular complexity index is 1320. The molecule has 3 aliphatic rings. The Morgan fingerprint density at radius 3 is 2.25 bits per heavy atom. The van der Waals surface area contributed by atoms with Crippen molar-refractivity contribution < 1.29 is 28.6 Å². The molecule has 4 unspecified atom stereocenters. The number of anilines is 1. The summed E-state index contributed by atoms with van der Waals surface area (Å²) < 4.78 is 17.3. The van der Waals surface area contributed by atoms with Crippen molar-refractivity contribution in [3.05, 3.63) is 83.4 Å². The summed E-state index contributed by atoms with van der Waals surface area (Å²) in [6, 6.07) is 18.7. The van der Waals surface area contributed by atoms with Crippen molar-refractivity contribution in [1.29, 1.82) is 0 Å². The van der Waals surface area contributed by atoms with Gasteiger partial charge in [-0.3, -0.25) is 14.4 Å². The number of ether oxygens (including phenoxy) is 3. The zero-order valence-corrected chi connectivity index (χ0v) is 16.7. The van der Waals surface area contributed by atoms with Crippen LogP contribution in [0.1, 0.15) is 33.5 Å². The van der Waals surface area contributed by atoms with E-state index in [-0.39, 0.29) is 5.75 Å². The third kappa shape index (κ3) is 2.57. The van der Waals surface area contributed by atoms with Crippen LogP contribution >= 0.6 is 0 Å². The molecule has 0 aliphatic carbocycles. The topological polar surface area (TPSA) is 105 Å². The third-order valence-corrected chi connectivity index (χ3v) is 6.33. The molecule has 0 radical (unpaired) electrons. The van der Waals surface area contributed by atoms with E-state index in [1.54, 1.807) is 54.6 Å². The third-order valence-electron chi connectivity index (χ3n) is 6.33. The van der Waals surface area contributed by atoms with Crippen LogP contribution in [0.15, 0.2) is 66.7 Å². The SMILES string of the molecule is Nc1ccc2c(c1)OC1c3ccccc3OC(=O)C1C2C1C(=O)Oc2ccccc2C1=O. The number of Topliss-reactive ketones (excluding diaryl/α,β-unsaturated/α-hetero) is 1. The van der Waals surface area contributed by atoms with Crippen LogP contribution in [0.5, 0.6) is 17.2 Å². The number of nitrogen functional groups attached to an aromatic ring is 1. The monoisotopic (exact) mass is 427 g/mol. The molecule has 3 aliphatic heterocycles. The second-order valence-electron chi connectivity index (χ2n) is 8.11. The molecule has 0 bridgehead atoms.